The third-order valence-electron chi connectivity index (χ3n) is 5.47. The van der Waals surface area contributed by atoms with Crippen molar-refractivity contribution in [2.75, 3.05) is 138 Å². The highest BCUT2D eigenvalue weighted by Gasteiger charge is 2.39. The average molecular weight is 964 g/mol. The summed E-state index contributed by atoms with van der Waals surface area (Å²) in [7, 11) is 0. The summed E-state index contributed by atoms with van der Waals surface area (Å²) in [6.07, 6.45) is -14.5. The fourth-order valence-corrected chi connectivity index (χ4v) is 2.85. The van der Waals surface area contributed by atoms with Crippen molar-refractivity contribution in [1.29, 1.82) is 0 Å². The second-order valence-corrected chi connectivity index (χ2v) is 10.00. The first-order valence-corrected chi connectivity index (χ1v) is 18.2. The molecule has 0 bridgehead atoms. The van der Waals surface area contributed by atoms with Gasteiger partial charge in [0.05, 0.1) is 79.3 Å². The van der Waals surface area contributed by atoms with Gasteiger partial charge in [0.25, 0.3) is 0 Å². The van der Waals surface area contributed by atoms with Crippen molar-refractivity contribution in [3.8, 4) is 0 Å². The quantitative estimate of drug-likeness (QED) is 0.0416. The van der Waals surface area contributed by atoms with Crippen LogP contribution in [0, 0.1) is 0 Å². The van der Waals surface area contributed by atoms with Crippen molar-refractivity contribution < 1.29 is 97.3 Å². The molecule has 0 aliphatic rings. The van der Waals surface area contributed by atoms with Crippen LogP contribution in [-0.2, 0) is 47.6 Å². The van der Waals surface area contributed by atoms with E-state index in [0.29, 0.717) is 39.6 Å². The van der Waals surface area contributed by atoms with Crippen LogP contribution >= 0.6 is 11.6 Å². The van der Waals surface area contributed by atoms with Gasteiger partial charge in [0.15, 0.2) is 0 Å². The summed E-state index contributed by atoms with van der Waals surface area (Å²) in [5.41, 5.74) is 5.06. The molecule has 0 aromatic carbocycles. The minimum Gasteiger partial charge on any atom is -0.394 e. The normalized spacial score (nSPS) is 10.2. The SMILES string of the molecule is C.C.C.C=O.CCN(CC)CC.CCOCCOCCNC(=O)C(F)(F)F.NCCOCCO.O=C(NCCOCCO)C(F)(F)F.O=C(NCCOCCOCCl)C(F)(F)F. The molecular weight excluding hydrogens is 889 g/mol. The van der Waals surface area contributed by atoms with E-state index < -0.39 is 36.3 Å². The first-order valence-electron chi connectivity index (χ1n) is 17.7. The zero-order valence-corrected chi connectivity index (χ0v) is 34.6. The molecule has 382 valence electrons. The maximum atomic E-state index is 11.7. The van der Waals surface area contributed by atoms with E-state index >= 15 is 0 Å². The van der Waals surface area contributed by atoms with Gasteiger partial charge in [0.2, 0.25) is 0 Å². The monoisotopic (exact) mass is 963 g/mol. The van der Waals surface area contributed by atoms with Gasteiger partial charge in [-0.2, -0.15) is 39.5 Å². The van der Waals surface area contributed by atoms with E-state index in [1.807, 2.05) is 13.7 Å². The number of hydrogen-bond donors (Lipinski definition) is 6. The molecule has 0 aliphatic heterocycles. The number of ether oxygens (including phenoxy) is 6. The number of nitrogens with one attached hydrogen (secondary N) is 3. The molecule has 0 saturated heterocycles. The number of halogens is 10. The number of alkyl halides is 10. The van der Waals surface area contributed by atoms with Crippen molar-refractivity contribution in [1.82, 2.24) is 20.9 Å². The molecule has 0 aromatic rings. The molecule has 0 radical (unpaired) electrons. The van der Waals surface area contributed by atoms with E-state index in [2.05, 4.69) is 35.1 Å². The summed E-state index contributed by atoms with van der Waals surface area (Å²) in [5.74, 6) is -5.90. The van der Waals surface area contributed by atoms with E-state index in [0.717, 1.165) is 0 Å². The van der Waals surface area contributed by atoms with Gasteiger partial charge in [-0.05, 0) is 26.6 Å². The molecule has 0 spiro atoms. The lowest BCUT2D eigenvalue weighted by molar-refractivity contribution is -0.173. The lowest BCUT2D eigenvalue weighted by atomic mass is 10.5. The molecule has 0 unspecified atom stereocenters. The summed E-state index contributed by atoms with van der Waals surface area (Å²) < 4.78 is 133. The number of carbonyl (C=O) groups excluding carboxylic acids is 4. The number of aliphatic hydroxyl groups excluding tert-OH is 2. The summed E-state index contributed by atoms with van der Waals surface area (Å²) in [5, 5.41) is 21.3. The molecule has 7 N–H and O–H groups in total. The number of amides is 3. The minimum absolute atomic E-state index is 0. The fraction of sp³-hybridized carbons (Fsp3) is 0.886. The predicted molar refractivity (Wildman–Crippen MR) is 218 cm³/mol. The van der Waals surface area contributed by atoms with Gasteiger partial charge >= 0.3 is 36.3 Å². The first-order chi connectivity index (χ1) is 27.7. The maximum Gasteiger partial charge on any atom is 0.471 e. The van der Waals surface area contributed by atoms with E-state index in [9.17, 15) is 53.9 Å². The van der Waals surface area contributed by atoms with Crippen LogP contribution in [0.1, 0.15) is 50.0 Å². The molecule has 27 heteroatoms. The number of aliphatic hydroxyl groups is 2. The molecule has 0 aliphatic carbocycles. The Kier molecular flexibility index (Phi) is 75.0. The van der Waals surface area contributed by atoms with E-state index in [-0.39, 0.29) is 101 Å². The lowest BCUT2D eigenvalue weighted by Crippen LogP contribution is -2.38. The Hall–Kier alpha value is -2.66. The van der Waals surface area contributed by atoms with Crippen LogP contribution in [0.2, 0.25) is 0 Å². The minimum atomic E-state index is -4.85. The molecular formula is C35H75ClF9N5O12. The Morgan fingerprint density at radius 1 is 0.532 bits per heavy atom. The molecule has 17 nitrogen and oxygen atoms in total. The Morgan fingerprint density at radius 3 is 1.03 bits per heavy atom. The lowest BCUT2D eigenvalue weighted by Gasteiger charge is -2.13. The van der Waals surface area contributed by atoms with Crippen molar-refractivity contribution in [2.24, 2.45) is 5.73 Å². The van der Waals surface area contributed by atoms with Gasteiger partial charge in [-0.25, -0.2) is 0 Å². The second-order valence-electron chi connectivity index (χ2n) is 9.78. The number of hydrogen-bond acceptors (Lipinski definition) is 14. The summed E-state index contributed by atoms with van der Waals surface area (Å²) in [6.45, 7) is 16.5. The smallest absolute Gasteiger partial charge is 0.394 e. The predicted octanol–water partition coefficient (Wildman–Crippen LogP) is 3.31. The van der Waals surface area contributed by atoms with Crippen LogP contribution in [0.3, 0.4) is 0 Å². The summed E-state index contributed by atoms with van der Waals surface area (Å²) >= 11 is 5.17. The molecule has 0 aromatic heterocycles. The number of nitrogens with zero attached hydrogens (tertiary/aromatic N) is 1. The van der Waals surface area contributed by atoms with Crippen LogP contribution in [0.15, 0.2) is 0 Å². The maximum absolute atomic E-state index is 11.7. The van der Waals surface area contributed by atoms with Gasteiger partial charge in [-0.3, -0.25) is 14.4 Å². The van der Waals surface area contributed by atoms with Gasteiger partial charge in [-0.1, -0.05) is 54.7 Å². The summed E-state index contributed by atoms with van der Waals surface area (Å²) in [6, 6.07) is 0.0359. The third kappa shape index (κ3) is 71.8. The van der Waals surface area contributed by atoms with Crippen LogP contribution in [0.5, 0.6) is 0 Å². The second kappa shape index (κ2) is 58.3. The zero-order chi connectivity index (χ0) is 47.0. The van der Waals surface area contributed by atoms with E-state index in [1.54, 1.807) is 16.0 Å². The van der Waals surface area contributed by atoms with Gasteiger partial charge in [0.1, 0.15) is 12.9 Å². The van der Waals surface area contributed by atoms with Crippen molar-refractivity contribution in [3.63, 3.8) is 0 Å². The highest BCUT2D eigenvalue weighted by molar-refractivity contribution is 6.17. The van der Waals surface area contributed by atoms with Gasteiger partial charge in [0, 0.05) is 32.8 Å². The average Bonchev–Trinajstić information content (AvgIpc) is 3.18. The molecule has 0 heterocycles. The van der Waals surface area contributed by atoms with Crippen LogP contribution in [-0.4, -0.2) is 196 Å². The Morgan fingerprint density at radius 2 is 0.806 bits per heavy atom. The number of carbonyl (C=O) groups is 4. The van der Waals surface area contributed by atoms with Crippen molar-refractivity contribution in [2.45, 2.75) is 68.5 Å². The van der Waals surface area contributed by atoms with Crippen molar-refractivity contribution in [3.05, 3.63) is 0 Å². The highest BCUT2D eigenvalue weighted by atomic mass is 35.5. The zero-order valence-electron chi connectivity index (χ0n) is 33.8. The standard InChI is InChI=1S/C8H14F3NO3.C7H11ClF3NO3.C6H10F3NO3.C6H15N.C4H11NO2.CH2O.3CH4/c1-2-14-5-6-15-4-3-12-7(13)8(9,10)11;8-5-15-4-3-14-2-1-12-6(13)7(9,10)11;7-6(8,9)5(12)10-1-3-13-4-2-11;1-4-7(5-2)6-3;5-1-3-7-4-2-6;1-2;;;/h2-6H2,1H3,(H,12,13);1-5H2,(H,12,13);11H,1-4H2,(H,10,12);4-6H2,1-3H3;6H,1-5H2;1H2;3*1H4. The van der Waals surface area contributed by atoms with Crippen LogP contribution in [0.25, 0.3) is 0 Å². The summed E-state index contributed by atoms with van der Waals surface area (Å²) in [4.78, 5) is 41.1. The van der Waals surface area contributed by atoms with Gasteiger partial charge < -0.3 is 70.0 Å². The Balaban J connectivity index is -0.0000000814. The Labute approximate surface area is 366 Å². The number of nitrogens with two attached hydrogens (primary N) is 1. The van der Waals surface area contributed by atoms with Crippen molar-refractivity contribution >= 4 is 36.1 Å². The highest BCUT2D eigenvalue weighted by Crippen LogP contribution is 2.15. The molecule has 0 saturated carbocycles. The molecule has 3 amide bonds. The fourth-order valence-electron chi connectivity index (χ4n) is 2.74. The molecule has 0 atom stereocenters. The van der Waals surface area contributed by atoms with Crippen LogP contribution in [0.4, 0.5) is 39.5 Å². The van der Waals surface area contributed by atoms with Crippen LogP contribution < -0.4 is 21.7 Å². The topological polar surface area (TPSA) is 229 Å². The van der Waals surface area contributed by atoms with E-state index in [4.69, 9.17) is 51.3 Å². The largest absolute Gasteiger partial charge is 0.471 e. The Bertz CT molecular complexity index is 871. The third-order valence-corrected chi connectivity index (χ3v) is 5.62. The molecule has 0 rings (SSSR count). The molecule has 0 fully saturated rings. The van der Waals surface area contributed by atoms with E-state index in [1.165, 1.54) is 19.6 Å². The van der Waals surface area contributed by atoms with Gasteiger partial charge in [-0.15, -0.1) is 0 Å². The number of rotatable bonds is 26. The first kappa shape index (κ1) is 79.7. The molecule has 62 heavy (non-hydrogen) atoms.